The van der Waals surface area contributed by atoms with Crippen LogP contribution in [0.4, 0.5) is 8.78 Å². The summed E-state index contributed by atoms with van der Waals surface area (Å²) in [4.78, 5) is 14.8. The second kappa shape index (κ2) is 7.87. The van der Waals surface area contributed by atoms with E-state index in [1.807, 2.05) is 17.0 Å². The molecule has 1 N–H and O–H groups in total. The lowest BCUT2D eigenvalue weighted by Crippen LogP contribution is -2.37. The molecule has 0 unspecified atom stereocenters. The molecular formula is C19H19F2NO2S. The molecule has 1 amide bonds. The van der Waals surface area contributed by atoms with Gasteiger partial charge >= 0.3 is 0 Å². The number of piperidine rings is 1. The van der Waals surface area contributed by atoms with Crippen LogP contribution in [0.15, 0.2) is 53.4 Å². The summed E-state index contributed by atoms with van der Waals surface area (Å²) in [7, 11) is 0. The molecule has 1 aliphatic heterocycles. The largest absolute Gasteiger partial charge is 0.508 e. The number of aromatic hydroxyl groups is 1. The molecule has 0 saturated carbocycles. The average molecular weight is 363 g/mol. The first-order valence-electron chi connectivity index (χ1n) is 8.16. The minimum atomic E-state index is -2.46. The molecule has 2 aromatic rings. The number of halogens is 2. The minimum absolute atomic E-state index is 0.0576. The van der Waals surface area contributed by atoms with Crippen LogP contribution in [0.2, 0.25) is 0 Å². The van der Waals surface area contributed by atoms with Crippen LogP contribution < -0.4 is 0 Å². The van der Waals surface area contributed by atoms with Crippen molar-refractivity contribution in [3.05, 3.63) is 59.7 Å². The molecule has 1 fully saturated rings. The van der Waals surface area contributed by atoms with E-state index in [-0.39, 0.29) is 11.7 Å². The molecule has 0 atom stereocenters. The number of hydrogen-bond acceptors (Lipinski definition) is 3. The number of benzene rings is 2. The predicted molar refractivity (Wildman–Crippen MR) is 94.3 cm³/mol. The number of phenols is 1. The van der Waals surface area contributed by atoms with Crippen molar-refractivity contribution in [2.75, 3.05) is 13.1 Å². The Morgan fingerprint density at radius 3 is 2.20 bits per heavy atom. The summed E-state index contributed by atoms with van der Waals surface area (Å²) in [6.45, 7) is 1.33. The number of likely N-dealkylation sites (tertiary alicyclic amines) is 1. The normalized spacial score (nSPS) is 15.6. The molecule has 1 saturated heterocycles. The summed E-state index contributed by atoms with van der Waals surface area (Å²) in [6, 6.07) is 13.6. The van der Waals surface area contributed by atoms with Gasteiger partial charge in [0.2, 0.25) is 0 Å². The molecule has 25 heavy (non-hydrogen) atoms. The molecule has 0 bridgehead atoms. The highest BCUT2D eigenvalue weighted by atomic mass is 32.2. The maximum absolute atomic E-state index is 12.6. The van der Waals surface area contributed by atoms with Crippen molar-refractivity contribution < 1.29 is 18.7 Å². The number of alkyl halides is 2. The van der Waals surface area contributed by atoms with Gasteiger partial charge in [0.15, 0.2) is 0 Å². The van der Waals surface area contributed by atoms with Crippen LogP contribution in [-0.2, 0) is 0 Å². The minimum Gasteiger partial charge on any atom is -0.508 e. The number of nitrogens with zero attached hydrogens (tertiary/aromatic N) is 1. The van der Waals surface area contributed by atoms with Crippen LogP contribution in [0, 0.1) is 0 Å². The number of phenolic OH excluding ortho intramolecular Hbond substituents is 1. The monoisotopic (exact) mass is 363 g/mol. The van der Waals surface area contributed by atoms with Crippen molar-refractivity contribution >= 4 is 17.7 Å². The molecule has 0 aliphatic carbocycles. The first-order chi connectivity index (χ1) is 12.0. The van der Waals surface area contributed by atoms with Crippen LogP contribution >= 0.6 is 11.8 Å². The fourth-order valence-electron chi connectivity index (χ4n) is 3.12. The van der Waals surface area contributed by atoms with Crippen LogP contribution in [-0.4, -0.2) is 34.8 Å². The van der Waals surface area contributed by atoms with Crippen LogP contribution in [0.1, 0.15) is 34.7 Å². The molecule has 0 spiro atoms. The quantitative estimate of drug-likeness (QED) is 0.799. The molecule has 1 heterocycles. The standard InChI is InChI=1S/C19H19F2NO2S/c20-19(21)25-17-7-3-15(4-8-17)18(24)22-11-9-14(10-12-22)13-1-5-16(23)6-2-13/h1-8,14,19,23H,9-12H2. The van der Waals surface area contributed by atoms with Crippen molar-refractivity contribution in [2.24, 2.45) is 0 Å². The van der Waals surface area contributed by atoms with Crippen LogP contribution in [0.25, 0.3) is 0 Å². The van der Waals surface area contributed by atoms with Crippen molar-refractivity contribution in [1.29, 1.82) is 0 Å². The zero-order valence-electron chi connectivity index (χ0n) is 13.6. The van der Waals surface area contributed by atoms with Gasteiger partial charge in [-0.1, -0.05) is 23.9 Å². The number of rotatable bonds is 4. The second-order valence-corrected chi connectivity index (χ2v) is 7.12. The zero-order chi connectivity index (χ0) is 17.8. The fraction of sp³-hybridized carbons (Fsp3) is 0.316. The van der Waals surface area contributed by atoms with Gasteiger partial charge in [-0.2, -0.15) is 8.78 Å². The Hall–Kier alpha value is -2.08. The van der Waals surface area contributed by atoms with E-state index in [4.69, 9.17) is 0 Å². The van der Waals surface area contributed by atoms with E-state index in [2.05, 4.69) is 0 Å². The lowest BCUT2D eigenvalue weighted by molar-refractivity contribution is 0.0713. The Balaban J connectivity index is 1.58. The summed E-state index contributed by atoms with van der Waals surface area (Å²) < 4.78 is 24.7. The molecule has 2 aromatic carbocycles. The Morgan fingerprint density at radius 2 is 1.64 bits per heavy atom. The van der Waals surface area contributed by atoms with Gasteiger partial charge in [0.25, 0.3) is 11.7 Å². The zero-order valence-corrected chi connectivity index (χ0v) is 14.4. The van der Waals surface area contributed by atoms with Crippen molar-refractivity contribution in [3.63, 3.8) is 0 Å². The molecule has 0 aromatic heterocycles. The van der Waals surface area contributed by atoms with E-state index >= 15 is 0 Å². The number of amides is 1. The van der Waals surface area contributed by atoms with E-state index in [0.29, 0.717) is 41.2 Å². The molecule has 3 rings (SSSR count). The predicted octanol–water partition coefficient (Wildman–Crippen LogP) is 4.73. The molecule has 6 heteroatoms. The summed E-state index contributed by atoms with van der Waals surface area (Å²) in [5, 5.41) is 9.37. The van der Waals surface area contributed by atoms with Crippen molar-refractivity contribution in [2.45, 2.75) is 29.4 Å². The van der Waals surface area contributed by atoms with Crippen molar-refractivity contribution in [3.8, 4) is 5.75 Å². The summed E-state index contributed by atoms with van der Waals surface area (Å²) in [5.74, 6) is -1.88. The van der Waals surface area contributed by atoms with Crippen molar-refractivity contribution in [1.82, 2.24) is 4.90 Å². The summed E-state index contributed by atoms with van der Waals surface area (Å²) >= 11 is 0.477. The van der Waals surface area contributed by atoms with Gasteiger partial charge in [-0.05, 0) is 60.7 Å². The Morgan fingerprint density at radius 1 is 1.04 bits per heavy atom. The topological polar surface area (TPSA) is 40.5 Å². The van der Waals surface area contributed by atoms with E-state index in [0.717, 1.165) is 12.8 Å². The Labute approximate surface area is 149 Å². The van der Waals surface area contributed by atoms with Crippen LogP contribution in [0.3, 0.4) is 0 Å². The Bertz CT molecular complexity index is 711. The fourth-order valence-corrected chi connectivity index (χ4v) is 3.62. The third-order valence-corrected chi connectivity index (χ3v) is 5.20. The van der Waals surface area contributed by atoms with E-state index < -0.39 is 5.76 Å². The number of thioether (sulfide) groups is 1. The Kier molecular flexibility index (Phi) is 5.58. The third kappa shape index (κ3) is 4.51. The molecule has 1 aliphatic rings. The molecular weight excluding hydrogens is 344 g/mol. The van der Waals surface area contributed by atoms with Crippen LogP contribution in [0.5, 0.6) is 5.75 Å². The molecule has 0 radical (unpaired) electrons. The molecule has 132 valence electrons. The van der Waals surface area contributed by atoms with E-state index in [1.54, 1.807) is 36.4 Å². The maximum atomic E-state index is 12.6. The lowest BCUT2D eigenvalue weighted by atomic mass is 9.89. The first-order valence-corrected chi connectivity index (χ1v) is 9.04. The summed E-state index contributed by atoms with van der Waals surface area (Å²) in [6.07, 6.45) is 1.74. The third-order valence-electron chi connectivity index (χ3n) is 4.47. The average Bonchev–Trinajstić information content (AvgIpc) is 2.62. The maximum Gasteiger partial charge on any atom is 0.288 e. The second-order valence-electron chi connectivity index (χ2n) is 6.06. The smallest absolute Gasteiger partial charge is 0.288 e. The van der Waals surface area contributed by atoms with Gasteiger partial charge in [0.1, 0.15) is 5.75 Å². The highest BCUT2D eigenvalue weighted by molar-refractivity contribution is 7.99. The lowest BCUT2D eigenvalue weighted by Gasteiger charge is -2.32. The van der Waals surface area contributed by atoms with Gasteiger partial charge in [-0.15, -0.1) is 0 Å². The SMILES string of the molecule is O=C(c1ccc(SC(F)F)cc1)N1CCC(c2ccc(O)cc2)CC1. The molecule has 3 nitrogen and oxygen atoms in total. The van der Waals surface area contributed by atoms with E-state index in [1.165, 1.54) is 5.56 Å². The van der Waals surface area contributed by atoms with Gasteiger partial charge in [-0.25, -0.2) is 0 Å². The first kappa shape index (κ1) is 17.7. The van der Waals surface area contributed by atoms with E-state index in [9.17, 15) is 18.7 Å². The highest BCUT2D eigenvalue weighted by Crippen LogP contribution is 2.30. The van der Waals surface area contributed by atoms with Gasteiger partial charge < -0.3 is 10.0 Å². The number of hydrogen-bond donors (Lipinski definition) is 1. The number of carbonyl (C=O) groups is 1. The highest BCUT2D eigenvalue weighted by Gasteiger charge is 2.24. The van der Waals surface area contributed by atoms with Gasteiger partial charge in [0, 0.05) is 23.5 Å². The number of carbonyl (C=O) groups excluding carboxylic acids is 1. The van der Waals surface area contributed by atoms with Gasteiger partial charge in [-0.3, -0.25) is 4.79 Å². The summed E-state index contributed by atoms with van der Waals surface area (Å²) in [5.41, 5.74) is 1.71. The van der Waals surface area contributed by atoms with Gasteiger partial charge in [0.05, 0.1) is 0 Å².